The molecule has 0 aromatic heterocycles. The molecule has 0 fully saturated rings. The SMILES string of the molecule is O=C1Nc2ccccc2C1=Nc1c(Cl)cc(Br)cc1Br. The minimum Gasteiger partial charge on any atom is -0.320 e. The van der Waals surface area contributed by atoms with Gasteiger partial charge in [-0.3, -0.25) is 4.79 Å². The first-order valence-corrected chi connectivity index (χ1v) is 7.66. The standard InChI is InChI=1S/C14H7Br2ClN2O/c15-7-5-9(16)13(10(17)6-7)19-12-8-3-1-2-4-11(8)18-14(12)20/h1-6H,(H,18,19,20). The Bertz CT molecular complexity index is 736. The topological polar surface area (TPSA) is 41.5 Å². The van der Waals surface area contributed by atoms with Crippen molar-refractivity contribution in [1.29, 1.82) is 0 Å². The third kappa shape index (κ3) is 2.41. The number of rotatable bonds is 1. The molecule has 0 radical (unpaired) electrons. The van der Waals surface area contributed by atoms with Gasteiger partial charge in [0.15, 0.2) is 0 Å². The lowest BCUT2D eigenvalue weighted by atomic mass is 10.1. The molecule has 0 saturated heterocycles. The Morgan fingerprint density at radius 2 is 1.90 bits per heavy atom. The van der Waals surface area contributed by atoms with E-state index in [0.717, 1.165) is 20.2 Å². The van der Waals surface area contributed by atoms with E-state index in [-0.39, 0.29) is 5.91 Å². The van der Waals surface area contributed by atoms with Gasteiger partial charge in [0.05, 0.1) is 16.4 Å². The van der Waals surface area contributed by atoms with Crippen LogP contribution in [0.3, 0.4) is 0 Å². The molecule has 0 atom stereocenters. The summed E-state index contributed by atoms with van der Waals surface area (Å²) in [4.78, 5) is 16.4. The summed E-state index contributed by atoms with van der Waals surface area (Å²) in [5, 5.41) is 3.25. The molecule has 3 rings (SSSR count). The number of fused-ring (bicyclic) bond motifs is 1. The summed E-state index contributed by atoms with van der Waals surface area (Å²) in [6.07, 6.45) is 0. The van der Waals surface area contributed by atoms with Crippen molar-refractivity contribution >= 4 is 66.5 Å². The van der Waals surface area contributed by atoms with Crippen molar-refractivity contribution in [3.05, 3.63) is 55.9 Å². The summed E-state index contributed by atoms with van der Waals surface area (Å²) < 4.78 is 1.57. The van der Waals surface area contributed by atoms with E-state index in [1.54, 1.807) is 6.07 Å². The normalized spacial score (nSPS) is 15.3. The zero-order valence-corrected chi connectivity index (χ0v) is 13.9. The predicted octanol–water partition coefficient (Wildman–Crippen LogP) is 4.94. The fourth-order valence-electron chi connectivity index (χ4n) is 1.97. The lowest BCUT2D eigenvalue weighted by Crippen LogP contribution is -2.13. The zero-order valence-electron chi connectivity index (χ0n) is 9.95. The zero-order chi connectivity index (χ0) is 14.3. The lowest BCUT2D eigenvalue weighted by molar-refractivity contribution is -0.110. The second kappa shape index (κ2) is 5.31. The second-order valence-corrected chi connectivity index (χ2v) is 6.36. The van der Waals surface area contributed by atoms with Gasteiger partial charge >= 0.3 is 0 Å². The maximum Gasteiger partial charge on any atom is 0.275 e. The molecule has 0 bridgehead atoms. The van der Waals surface area contributed by atoms with Crippen LogP contribution < -0.4 is 5.32 Å². The molecule has 2 aromatic carbocycles. The van der Waals surface area contributed by atoms with Gasteiger partial charge in [-0.15, -0.1) is 0 Å². The van der Waals surface area contributed by atoms with Crippen molar-refractivity contribution in [3.8, 4) is 0 Å². The van der Waals surface area contributed by atoms with Crippen molar-refractivity contribution in [2.24, 2.45) is 4.99 Å². The number of benzene rings is 2. The van der Waals surface area contributed by atoms with Crippen LogP contribution in [0, 0.1) is 0 Å². The highest BCUT2D eigenvalue weighted by Gasteiger charge is 2.26. The quantitative estimate of drug-likeness (QED) is 0.706. The van der Waals surface area contributed by atoms with Crippen LogP contribution in [0.5, 0.6) is 0 Å². The van der Waals surface area contributed by atoms with Gasteiger partial charge in [-0.1, -0.05) is 45.7 Å². The molecule has 100 valence electrons. The minimum atomic E-state index is -0.225. The predicted molar refractivity (Wildman–Crippen MR) is 88.1 cm³/mol. The van der Waals surface area contributed by atoms with Gasteiger partial charge in [-0.25, -0.2) is 4.99 Å². The Balaban J connectivity index is 2.17. The van der Waals surface area contributed by atoms with Crippen LogP contribution in [0.2, 0.25) is 5.02 Å². The van der Waals surface area contributed by atoms with E-state index in [4.69, 9.17) is 11.6 Å². The van der Waals surface area contributed by atoms with Crippen LogP contribution in [-0.2, 0) is 4.79 Å². The van der Waals surface area contributed by atoms with Gasteiger partial charge in [0.2, 0.25) is 0 Å². The molecular weight excluding hydrogens is 407 g/mol. The number of halogens is 3. The van der Waals surface area contributed by atoms with Crippen LogP contribution in [0.4, 0.5) is 11.4 Å². The number of amides is 1. The maximum atomic E-state index is 12.0. The van der Waals surface area contributed by atoms with E-state index in [0.29, 0.717) is 16.4 Å². The average Bonchev–Trinajstić information content (AvgIpc) is 2.69. The molecule has 20 heavy (non-hydrogen) atoms. The number of nitrogens with one attached hydrogen (secondary N) is 1. The summed E-state index contributed by atoms with van der Waals surface area (Å²) in [5.74, 6) is -0.225. The first-order chi connectivity index (χ1) is 9.56. The number of hydrogen-bond acceptors (Lipinski definition) is 2. The van der Waals surface area contributed by atoms with Gasteiger partial charge in [0.1, 0.15) is 5.71 Å². The number of para-hydroxylation sites is 1. The first kappa shape index (κ1) is 13.8. The van der Waals surface area contributed by atoms with Crippen LogP contribution in [0.15, 0.2) is 50.3 Å². The number of hydrogen-bond donors (Lipinski definition) is 1. The fourth-order valence-corrected chi connectivity index (χ4v) is 3.79. The molecule has 0 unspecified atom stereocenters. The van der Waals surface area contributed by atoms with Gasteiger partial charge in [0, 0.05) is 14.5 Å². The minimum absolute atomic E-state index is 0.225. The summed E-state index contributed by atoms with van der Waals surface area (Å²) >= 11 is 13.0. The Morgan fingerprint density at radius 3 is 2.65 bits per heavy atom. The largest absolute Gasteiger partial charge is 0.320 e. The molecule has 2 aromatic rings. The summed E-state index contributed by atoms with van der Waals surface area (Å²) in [6, 6.07) is 11.0. The summed E-state index contributed by atoms with van der Waals surface area (Å²) in [5.41, 5.74) is 2.45. The molecule has 1 aliphatic rings. The molecule has 1 amide bonds. The van der Waals surface area contributed by atoms with Crippen LogP contribution in [0.1, 0.15) is 5.56 Å². The van der Waals surface area contributed by atoms with Gasteiger partial charge in [0.25, 0.3) is 5.91 Å². The van der Waals surface area contributed by atoms with Gasteiger partial charge < -0.3 is 5.32 Å². The van der Waals surface area contributed by atoms with Crippen LogP contribution in [0.25, 0.3) is 0 Å². The Hall–Kier alpha value is -1.17. The van der Waals surface area contributed by atoms with Crippen LogP contribution >= 0.6 is 43.5 Å². The Labute approximate surface area is 137 Å². The number of aliphatic imine (C=N–C) groups is 1. The van der Waals surface area contributed by atoms with Crippen LogP contribution in [-0.4, -0.2) is 11.6 Å². The molecule has 1 heterocycles. The van der Waals surface area contributed by atoms with Crippen molar-refractivity contribution in [2.75, 3.05) is 5.32 Å². The molecule has 1 aliphatic heterocycles. The summed E-state index contributed by atoms with van der Waals surface area (Å²) in [7, 11) is 0. The molecule has 6 heteroatoms. The second-order valence-electron chi connectivity index (χ2n) is 4.18. The number of carbonyl (C=O) groups is 1. The Morgan fingerprint density at radius 1 is 1.15 bits per heavy atom. The molecular formula is C14H7Br2ClN2O. The maximum absolute atomic E-state index is 12.0. The van der Waals surface area contributed by atoms with E-state index in [2.05, 4.69) is 42.2 Å². The highest BCUT2D eigenvalue weighted by molar-refractivity contribution is 9.11. The van der Waals surface area contributed by atoms with Gasteiger partial charge in [-0.2, -0.15) is 0 Å². The number of anilines is 1. The van der Waals surface area contributed by atoms with Crippen molar-refractivity contribution in [2.45, 2.75) is 0 Å². The first-order valence-electron chi connectivity index (χ1n) is 5.70. The number of nitrogens with zero attached hydrogens (tertiary/aromatic N) is 1. The molecule has 3 nitrogen and oxygen atoms in total. The summed E-state index contributed by atoms with van der Waals surface area (Å²) in [6.45, 7) is 0. The van der Waals surface area contributed by atoms with E-state index < -0.39 is 0 Å². The smallest absolute Gasteiger partial charge is 0.275 e. The molecule has 1 N–H and O–H groups in total. The monoisotopic (exact) mass is 412 g/mol. The average molecular weight is 414 g/mol. The molecule has 0 saturated carbocycles. The molecule has 0 aliphatic carbocycles. The highest BCUT2D eigenvalue weighted by Crippen LogP contribution is 2.37. The lowest BCUT2D eigenvalue weighted by Gasteiger charge is -2.04. The van der Waals surface area contributed by atoms with Crippen molar-refractivity contribution < 1.29 is 4.79 Å². The third-order valence-electron chi connectivity index (χ3n) is 2.85. The van der Waals surface area contributed by atoms with Crippen molar-refractivity contribution in [1.82, 2.24) is 0 Å². The van der Waals surface area contributed by atoms with E-state index in [9.17, 15) is 4.79 Å². The number of carbonyl (C=O) groups excluding carboxylic acids is 1. The Kier molecular flexibility index (Phi) is 3.67. The molecule has 0 spiro atoms. The van der Waals surface area contributed by atoms with E-state index in [1.165, 1.54) is 0 Å². The van der Waals surface area contributed by atoms with E-state index >= 15 is 0 Å². The van der Waals surface area contributed by atoms with Crippen molar-refractivity contribution in [3.63, 3.8) is 0 Å². The highest BCUT2D eigenvalue weighted by atomic mass is 79.9. The van der Waals surface area contributed by atoms with Gasteiger partial charge in [-0.05, 0) is 34.1 Å². The fraction of sp³-hybridized carbons (Fsp3) is 0. The third-order valence-corrected chi connectivity index (χ3v) is 4.20. The van der Waals surface area contributed by atoms with E-state index in [1.807, 2.05) is 30.3 Å².